The Morgan fingerprint density at radius 1 is 0.875 bits per heavy atom. The van der Waals surface area contributed by atoms with Gasteiger partial charge in [0.1, 0.15) is 0 Å². The smallest absolute Gasteiger partial charge is 0.0314 e. The maximum absolute atomic E-state index is 2.47. The molecule has 0 bridgehead atoms. The van der Waals surface area contributed by atoms with Crippen LogP contribution in [0.2, 0.25) is 0 Å². The molecular weight excluding hydrogens is 192 g/mol. The average molecular weight is 226 g/mol. The van der Waals surface area contributed by atoms with E-state index in [-0.39, 0.29) is 0 Å². The van der Waals surface area contributed by atoms with Crippen LogP contribution in [0.3, 0.4) is 0 Å². The molecule has 0 aromatic carbocycles. The zero-order valence-electron chi connectivity index (χ0n) is 13.0. The third-order valence-electron chi connectivity index (χ3n) is 4.57. The topological polar surface area (TPSA) is 0 Å². The molecule has 98 valence electrons. The summed E-state index contributed by atoms with van der Waals surface area (Å²) >= 11 is 0. The zero-order valence-corrected chi connectivity index (χ0v) is 13.0. The number of hydrogen-bond acceptors (Lipinski definition) is 0. The van der Waals surface area contributed by atoms with Crippen molar-refractivity contribution in [1.82, 2.24) is 0 Å². The molecule has 0 N–H and O–H groups in total. The second kappa shape index (κ2) is 6.07. The highest BCUT2D eigenvalue weighted by Crippen LogP contribution is 2.47. The summed E-state index contributed by atoms with van der Waals surface area (Å²) in [6.07, 6.45) is 5.33. The number of rotatable bonds is 7. The van der Waals surface area contributed by atoms with Gasteiger partial charge >= 0.3 is 0 Å². The van der Waals surface area contributed by atoms with E-state index in [0.29, 0.717) is 10.8 Å². The first-order valence-electron chi connectivity index (χ1n) is 7.17. The van der Waals surface area contributed by atoms with Crippen molar-refractivity contribution < 1.29 is 0 Å². The molecule has 0 amide bonds. The quantitative estimate of drug-likeness (QED) is 0.506. The first-order valence-corrected chi connectivity index (χ1v) is 7.17. The molecule has 16 heavy (non-hydrogen) atoms. The van der Waals surface area contributed by atoms with Gasteiger partial charge in [-0.15, -0.1) is 0 Å². The van der Waals surface area contributed by atoms with Crippen molar-refractivity contribution in [3.05, 3.63) is 0 Å². The molecule has 0 aliphatic rings. The van der Waals surface area contributed by atoms with Gasteiger partial charge in [-0.25, -0.2) is 0 Å². The Kier molecular flexibility index (Phi) is 6.07. The van der Waals surface area contributed by atoms with E-state index >= 15 is 0 Å². The Morgan fingerprint density at radius 3 is 1.69 bits per heavy atom. The van der Waals surface area contributed by atoms with Crippen molar-refractivity contribution in [3.63, 3.8) is 0 Å². The lowest BCUT2D eigenvalue weighted by molar-refractivity contribution is 0.0533. The molecule has 0 fully saturated rings. The molecular formula is C16H34. The molecule has 0 nitrogen and oxygen atoms in total. The third-order valence-corrected chi connectivity index (χ3v) is 4.57. The molecule has 0 spiro atoms. The van der Waals surface area contributed by atoms with Gasteiger partial charge in [0.15, 0.2) is 0 Å². The van der Waals surface area contributed by atoms with Gasteiger partial charge in [0.2, 0.25) is 0 Å². The van der Waals surface area contributed by atoms with Crippen LogP contribution >= 0.6 is 0 Å². The Hall–Kier alpha value is 0. The van der Waals surface area contributed by atoms with Gasteiger partial charge in [0.05, 0.1) is 0 Å². The van der Waals surface area contributed by atoms with Gasteiger partial charge in [-0.3, -0.25) is 0 Å². The van der Waals surface area contributed by atoms with E-state index in [2.05, 4.69) is 55.4 Å². The van der Waals surface area contributed by atoms with Crippen LogP contribution in [0, 0.1) is 22.7 Å². The molecule has 0 aliphatic carbocycles. The van der Waals surface area contributed by atoms with Crippen LogP contribution in [0.1, 0.15) is 81.1 Å². The third kappa shape index (κ3) is 4.47. The summed E-state index contributed by atoms with van der Waals surface area (Å²) in [6.45, 7) is 19.2. The molecule has 0 radical (unpaired) electrons. The van der Waals surface area contributed by atoms with Gasteiger partial charge in [-0.1, -0.05) is 74.7 Å². The van der Waals surface area contributed by atoms with E-state index in [0.717, 1.165) is 11.8 Å². The van der Waals surface area contributed by atoms with Crippen LogP contribution in [-0.2, 0) is 0 Å². The molecule has 0 saturated carbocycles. The minimum Gasteiger partial charge on any atom is -0.0651 e. The van der Waals surface area contributed by atoms with Gasteiger partial charge in [0, 0.05) is 0 Å². The highest BCUT2D eigenvalue weighted by atomic mass is 14.4. The second-order valence-corrected chi connectivity index (χ2v) is 7.22. The fourth-order valence-electron chi connectivity index (χ4n) is 3.24. The van der Waals surface area contributed by atoms with E-state index in [1.54, 1.807) is 0 Å². The molecule has 0 heteroatoms. The minimum atomic E-state index is 0.481. The van der Waals surface area contributed by atoms with Crippen molar-refractivity contribution >= 4 is 0 Å². The highest BCUT2D eigenvalue weighted by Gasteiger charge is 2.37. The second-order valence-electron chi connectivity index (χ2n) is 7.22. The monoisotopic (exact) mass is 226 g/mol. The summed E-state index contributed by atoms with van der Waals surface area (Å²) in [4.78, 5) is 0. The molecule has 1 unspecified atom stereocenters. The summed E-state index contributed by atoms with van der Waals surface area (Å²) in [5.41, 5.74) is 0.966. The van der Waals surface area contributed by atoms with E-state index in [9.17, 15) is 0 Å². The molecule has 0 aliphatic heterocycles. The van der Waals surface area contributed by atoms with Gasteiger partial charge in [-0.05, 0) is 29.1 Å². The van der Waals surface area contributed by atoms with E-state index in [1.165, 1.54) is 25.7 Å². The summed E-state index contributed by atoms with van der Waals surface area (Å²) in [5.74, 6) is 1.67. The molecule has 0 aromatic heterocycles. The van der Waals surface area contributed by atoms with Crippen molar-refractivity contribution in [2.75, 3.05) is 0 Å². The maximum atomic E-state index is 2.47. The standard InChI is InChI=1S/C16H34/c1-9-14(15(5,6)10-2)16(7,8)12-11-13(3)4/h13-14H,9-12H2,1-8H3. The largest absolute Gasteiger partial charge is 0.0651 e. The predicted molar refractivity (Wildman–Crippen MR) is 75.7 cm³/mol. The number of hydrogen-bond donors (Lipinski definition) is 0. The van der Waals surface area contributed by atoms with Crippen molar-refractivity contribution in [3.8, 4) is 0 Å². The van der Waals surface area contributed by atoms with Crippen molar-refractivity contribution in [1.29, 1.82) is 0 Å². The summed E-state index contributed by atoms with van der Waals surface area (Å²) in [6, 6.07) is 0. The molecule has 1 atom stereocenters. The predicted octanol–water partition coefficient (Wildman–Crippen LogP) is 5.91. The van der Waals surface area contributed by atoms with Crippen LogP contribution in [-0.4, -0.2) is 0 Å². The Bertz CT molecular complexity index is 186. The Balaban J connectivity index is 4.66. The minimum absolute atomic E-state index is 0.481. The van der Waals surface area contributed by atoms with E-state index in [1.807, 2.05) is 0 Å². The lowest BCUT2D eigenvalue weighted by Gasteiger charge is -2.44. The summed E-state index contributed by atoms with van der Waals surface area (Å²) in [7, 11) is 0. The van der Waals surface area contributed by atoms with E-state index in [4.69, 9.17) is 0 Å². The van der Waals surface area contributed by atoms with Crippen LogP contribution in [0.4, 0.5) is 0 Å². The fraction of sp³-hybridized carbons (Fsp3) is 1.00. The lowest BCUT2D eigenvalue weighted by atomic mass is 9.61. The van der Waals surface area contributed by atoms with Crippen LogP contribution < -0.4 is 0 Å². The normalized spacial score (nSPS) is 15.6. The SMILES string of the molecule is CCC(C(C)(C)CC)C(C)(C)CCC(C)C. The maximum Gasteiger partial charge on any atom is -0.0314 e. The van der Waals surface area contributed by atoms with Gasteiger partial charge < -0.3 is 0 Å². The lowest BCUT2D eigenvalue weighted by Crippen LogP contribution is -2.35. The molecule has 0 heterocycles. The first kappa shape index (κ1) is 16.0. The summed E-state index contributed by atoms with van der Waals surface area (Å²) in [5, 5.41) is 0. The van der Waals surface area contributed by atoms with Gasteiger partial charge in [0.25, 0.3) is 0 Å². The first-order chi connectivity index (χ1) is 7.17. The molecule has 0 rings (SSSR count). The Morgan fingerprint density at radius 2 is 1.38 bits per heavy atom. The van der Waals surface area contributed by atoms with Gasteiger partial charge in [-0.2, -0.15) is 0 Å². The fourth-order valence-corrected chi connectivity index (χ4v) is 3.24. The molecule has 0 aromatic rings. The van der Waals surface area contributed by atoms with Crippen molar-refractivity contribution in [2.24, 2.45) is 22.7 Å². The van der Waals surface area contributed by atoms with Crippen molar-refractivity contribution in [2.45, 2.75) is 81.1 Å². The van der Waals surface area contributed by atoms with Crippen LogP contribution in [0.15, 0.2) is 0 Å². The van der Waals surface area contributed by atoms with Crippen LogP contribution in [0.25, 0.3) is 0 Å². The average Bonchev–Trinajstić information content (AvgIpc) is 2.15. The van der Waals surface area contributed by atoms with E-state index < -0.39 is 0 Å². The van der Waals surface area contributed by atoms with Crippen LogP contribution in [0.5, 0.6) is 0 Å². The highest BCUT2D eigenvalue weighted by molar-refractivity contribution is 4.87. The Labute approximate surface area is 104 Å². The zero-order chi connectivity index (χ0) is 13.0. The molecule has 0 saturated heterocycles. The summed E-state index contributed by atoms with van der Waals surface area (Å²) < 4.78 is 0.